The van der Waals surface area contributed by atoms with Crippen LogP contribution < -0.4 is 10.8 Å². The van der Waals surface area contributed by atoms with Gasteiger partial charge in [-0.25, -0.2) is 0 Å². The van der Waals surface area contributed by atoms with Gasteiger partial charge in [0.2, 0.25) is 0 Å². The molecule has 0 aliphatic heterocycles. The molecule has 0 aromatic carbocycles. The van der Waals surface area contributed by atoms with Gasteiger partial charge in [-0.15, -0.1) is 0 Å². The van der Waals surface area contributed by atoms with Crippen LogP contribution in [0.4, 0.5) is 0 Å². The number of hydrogen-bond donors (Lipinski definition) is 4. The van der Waals surface area contributed by atoms with E-state index in [1.165, 1.54) is 0 Å². The van der Waals surface area contributed by atoms with Crippen LogP contribution in [-0.4, -0.2) is 48.2 Å². The summed E-state index contributed by atoms with van der Waals surface area (Å²) in [5.41, 5.74) is 2.39. The second-order valence-electron chi connectivity index (χ2n) is 3.21. The lowest BCUT2D eigenvalue weighted by Crippen LogP contribution is -2.39. The molecule has 0 bridgehead atoms. The number of carboxylic acid groups (broad SMARTS) is 1. The fourth-order valence-electron chi connectivity index (χ4n) is 0.887. The van der Waals surface area contributed by atoms with Gasteiger partial charge in [0.15, 0.2) is 0 Å². The average molecular weight is 264 g/mol. The highest BCUT2D eigenvalue weighted by atomic mass is 32.1. The Kier molecular flexibility index (Phi) is 9.63. The SMILES string of the molecule is O=C[C@H](CS)NCON[C@H](C=O)CCC(=O)O. The van der Waals surface area contributed by atoms with Crippen molar-refractivity contribution in [2.24, 2.45) is 0 Å². The molecule has 0 rings (SSSR count). The summed E-state index contributed by atoms with van der Waals surface area (Å²) in [5, 5.41) is 11.1. The molecule has 0 aromatic heterocycles. The zero-order chi connectivity index (χ0) is 13.1. The van der Waals surface area contributed by atoms with E-state index in [1.807, 2.05) is 0 Å². The number of aliphatic carboxylic acids is 1. The smallest absolute Gasteiger partial charge is 0.303 e. The van der Waals surface area contributed by atoms with Gasteiger partial charge in [-0.05, 0) is 6.42 Å². The number of carbonyl (C=O) groups excluding carboxylic acids is 2. The molecule has 0 fully saturated rings. The molecule has 0 aliphatic carbocycles. The third-order valence-electron chi connectivity index (χ3n) is 1.85. The van der Waals surface area contributed by atoms with Gasteiger partial charge >= 0.3 is 5.97 Å². The minimum absolute atomic E-state index is 0.0153. The normalized spacial score (nSPS) is 13.9. The van der Waals surface area contributed by atoms with Crippen LogP contribution in [-0.2, 0) is 19.2 Å². The highest BCUT2D eigenvalue weighted by Crippen LogP contribution is 1.94. The van der Waals surface area contributed by atoms with Gasteiger partial charge in [0.1, 0.15) is 19.3 Å². The maximum Gasteiger partial charge on any atom is 0.303 e. The summed E-state index contributed by atoms with van der Waals surface area (Å²) < 4.78 is 0. The van der Waals surface area contributed by atoms with E-state index in [4.69, 9.17) is 9.94 Å². The lowest BCUT2D eigenvalue weighted by Gasteiger charge is -2.13. The summed E-state index contributed by atoms with van der Waals surface area (Å²) in [7, 11) is 0. The van der Waals surface area contributed by atoms with E-state index in [1.54, 1.807) is 0 Å². The number of carbonyl (C=O) groups is 3. The van der Waals surface area contributed by atoms with Crippen LogP contribution >= 0.6 is 12.6 Å². The van der Waals surface area contributed by atoms with Gasteiger partial charge in [-0.3, -0.25) is 14.9 Å². The molecule has 0 saturated carbocycles. The lowest BCUT2D eigenvalue weighted by atomic mass is 10.2. The van der Waals surface area contributed by atoms with Crippen LogP contribution in [0.1, 0.15) is 12.8 Å². The molecule has 2 atom stereocenters. The number of hydroxylamine groups is 1. The van der Waals surface area contributed by atoms with Gasteiger partial charge in [0.05, 0.1) is 12.1 Å². The van der Waals surface area contributed by atoms with Crippen molar-refractivity contribution >= 4 is 31.2 Å². The van der Waals surface area contributed by atoms with Crippen LogP contribution in [0.25, 0.3) is 0 Å². The summed E-state index contributed by atoms with van der Waals surface area (Å²) in [6, 6.07) is -1.10. The predicted octanol–water partition coefficient (Wildman–Crippen LogP) is -1.02. The number of aldehydes is 2. The van der Waals surface area contributed by atoms with E-state index in [0.29, 0.717) is 18.3 Å². The van der Waals surface area contributed by atoms with Gasteiger partial charge in [-0.1, -0.05) is 0 Å². The van der Waals surface area contributed by atoms with Crippen LogP contribution in [0.5, 0.6) is 0 Å². The van der Waals surface area contributed by atoms with Crippen LogP contribution in [0.2, 0.25) is 0 Å². The molecule has 8 heteroatoms. The average Bonchev–Trinajstić information content (AvgIpc) is 2.32. The summed E-state index contributed by atoms with van der Waals surface area (Å²) in [5.74, 6) is -0.643. The van der Waals surface area contributed by atoms with Crippen molar-refractivity contribution in [2.45, 2.75) is 24.9 Å². The Balaban J connectivity index is 3.65. The first kappa shape index (κ1) is 16.0. The number of rotatable bonds is 11. The molecule has 7 nitrogen and oxygen atoms in total. The molecule has 0 spiro atoms. The zero-order valence-electron chi connectivity index (χ0n) is 9.17. The number of nitrogens with one attached hydrogen (secondary N) is 2. The van der Waals surface area contributed by atoms with E-state index >= 15 is 0 Å². The standard InChI is InChI=1S/C9H16N2O5S/c12-3-7(1-2-9(14)15)11-16-6-10-8(4-13)5-17/h3-4,7-8,10-11,17H,1-2,5-6H2,(H,14,15)/t7-,8+/m0/s1. The first-order valence-corrected chi connectivity index (χ1v) is 5.61. The van der Waals surface area contributed by atoms with Crippen molar-refractivity contribution in [1.82, 2.24) is 10.8 Å². The van der Waals surface area contributed by atoms with Gasteiger partial charge in [-0.2, -0.15) is 18.1 Å². The van der Waals surface area contributed by atoms with Crippen LogP contribution in [0.3, 0.4) is 0 Å². The molecule has 0 unspecified atom stereocenters. The second kappa shape index (κ2) is 10.2. The van der Waals surface area contributed by atoms with E-state index < -0.39 is 18.1 Å². The minimum Gasteiger partial charge on any atom is -0.481 e. The first-order chi connectivity index (χ1) is 8.13. The topological polar surface area (TPSA) is 105 Å². The van der Waals surface area contributed by atoms with Gasteiger partial charge < -0.3 is 14.7 Å². The van der Waals surface area contributed by atoms with Crippen LogP contribution in [0, 0.1) is 0 Å². The lowest BCUT2D eigenvalue weighted by molar-refractivity contribution is -0.137. The molecular weight excluding hydrogens is 248 g/mol. The first-order valence-electron chi connectivity index (χ1n) is 4.98. The molecule has 3 N–H and O–H groups in total. The summed E-state index contributed by atoms with van der Waals surface area (Å²) in [6.07, 6.45) is 1.28. The molecule has 0 heterocycles. The third kappa shape index (κ3) is 8.81. The number of carboxylic acids is 1. The fraction of sp³-hybridized carbons (Fsp3) is 0.667. The highest BCUT2D eigenvalue weighted by molar-refractivity contribution is 7.80. The van der Waals surface area contributed by atoms with E-state index in [2.05, 4.69) is 23.4 Å². The molecule has 0 amide bonds. The van der Waals surface area contributed by atoms with Crippen molar-refractivity contribution in [3.05, 3.63) is 0 Å². The highest BCUT2D eigenvalue weighted by Gasteiger charge is 2.09. The maximum atomic E-state index is 10.5. The predicted molar refractivity (Wildman–Crippen MR) is 62.7 cm³/mol. The van der Waals surface area contributed by atoms with E-state index in [9.17, 15) is 14.4 Å². The molecule has 17 heavy (non-hydrogen) atoms. The van der Waals surface area contributed by atoms with Crippen molar-refractivity contribution < 1.29 is 24.3 Å². The Hall–Kier alpha value is -0.960. The molecular formula is C9H16N2O5S. The Morgan fingerprint density at radius 2 is 2.00 bits per heavy atom. The third-order valence-corrected chi connectivity index (χ3v) is 2.24. The number of hydrogen-bond acceptors (Lipinski definition) is 7. The van der Waals surface area contributed by atoms with Crippen LogP contribution in [0.15, 0.2) is 0 Å². The summed E-state index contributed by atoms with van der Waals surface area (Å²) >= 11 is 3.92. The molecule has 0 aromatic rings. The van der Waals surface area contributed by atoms with Gasteiger partial charge in [0, 0.05) is 12.2 Å². The second-order valence-corrected chi connectivity index (χ2v) is 3.58. The molecule has 0 saturated heterocycles. The summed E-state index contributed by atoms with van der Waals surface area (Å²) in [4.78, 5) is 36.1. The van der Waals surface area contributed by atoms with E-state index in [-0.39, 0.29) is 19.6 Å². The monoisotopic (exact) mass is 264 g/mol. The fourth-order valence-corrected chi connectivity index (χ4v) is 1.10. The van der Waals surface area contributed by atoms with Crippen molar-refractivity contribution in [3.63, 3.8) is 0 Å². The van der Waals surface area contributed by atoms with Crippen molar-refractivity contribution in [2.75, 3.05) is 12.5 Å². The van der Waals surface area contributed by atoms with Gasteiger partial charge in [0.25, 0.3) is 0 Å². The number of thiol groups is 1. The largest absolute Gasteiger partial charge is 0.481 e. The van der Waals surface area contributed by atoms with Crippen molar-refractivity contribution in [3.8, 4) is 0 Å². The molecule has 0 aliphatic rings. The minimum atomic E-state index is -0.979. The molecule has 0 radical (unpaired) electrons. The Morgan fingerprint density at radius 3 is 2.47 bits per heavy atom. The van der Waals surface area contributed by atoms with Crippen molar-refractivity contribution in [1.29, 1.82) is 0 Å². The maximum absolute atomic E-state index is 10.5. The molecule has 98 valence electrons. The Labute approximate surface area is 104 Å². The Morgan fingerprint density at radius 1 is 1.35 bits per heavy atom. The van der Waals surface area contributed by atoms with E-state index in [0.717, 1.165) is 0 Å². The summed E-state index contributed by atoms with van der Waals surface area (Å²) in [6.45, 7) is 0.0153. The zero-order valence-corrected chi connectivity index (χ0v) is 10.1. The quantitative estimate of drug-likeness (QED) is 0.124. The Bertz CT molecular complexity index is 252.